The Morgan fingerprint density at radius 3 is 2.67 bits per heavy atom. The molecule has 0 aliphatic heterocycles. The third-order valence-electron chi connectivity index (χ3n) is 3.74. The van der Waals surface area contributed by atoms with Crippen LogP contribution in [0.5, 0.6) is 0 Å². The van der Waals surface area contributed by atoms with Crippen molar-refractivity contribution in [2.45, 2.75) is 51.1 Å². The number of carbonyl (C=O) groups excluding carboxylic acids is 2. The number of aliphatic carboxylic acids is 1. The normalized spacial score (nSPS) is 14.5. The fourth-order valence-electron chi connectivity index (χ4n) is 2.23. The molecular formula is C17H23N3O4. The molecule has 1 aliphatic carbocycles. The molecule has 0 aromatic heterocycles. The van der Waals surface area contributed by atoms with Gasteiger partial charge < -0.3 is 21.1 Å². The van der Waals surface area contributed by atoms with E-state index in [2.05, 4.69) is 16.0 Å². The lowest BCUT2D eigenvalue weighted by Gasteiger charge is -2.14. The minimum absolute atomic E-state index is 0.242. The van der Waals surface area contributed by atoms with Gasteiger partial charge in [-0.15, -0.1) is 0 Å². The maximum Gasteiger partial charge on any atom is 0.326 e. The molecule has 0 heterocycles. The van der Waals surface area contributed by atoms with Gasteiger partial charge in [-0.25, -0.2) is 9.59 Å². The minimum atomic E-state index is -1.05. The fourth-order valence-corrected chi connectivity index (χ4v) is 2.23. The molecule has 7 nitrogen and oxygen atoms in total. The first-order valence-electron chi connectivity index (χ1n) is 8.21. The highest BCUT2D eigenvalue weighted by atomic mass is 16.4. The summed E-state index contributed by atoms with van der Waals surface area (Å²) in [7, 11) is 0. The van der Waals surface area contributed by atoms with Gasteiger partial charge in [0.15, 0.2) is 0 Å². The van der Waals surface area contributed by atoms with Gasteiger partial charge in [0.2, 0.25) is 0 Å². The van der Waals surface area contributed by atoms with Gasteiger partial charge in [-0.2, -0.15) is 0 Å². The number of hydrogen-bond acceptors (Lipinski definition) is 3. The van der Waals surface area contributed by atoms with Crippen molar-refractivity contribution in [3.8, 4) is 0 Å². The van der Waals surface area contributed by atoms with Crippen molar-refractivity contribution < 1.29 is 19.5 Å². The standard InChI is InChI=1S/C17H23N3O4/c1-2-3-7-14(16(22)23)20-15(21)11-5-4-6-13(10-11)19-17(24)18-12-8-9-12/h4-6,10,12,14H,2-3,7-9H2,1H3,(H,20,21)(H,22,23)(H2,18,19,24)/t14-/m0/s1. The Kier molecular flexibility index (Phi) is 6.17. The molecule has 2 rings (SSSR count). The topological polar surface area (TPSA) is 108 Å². The predicted molar refractivity (Wildman–Crippen MR) is 90.0 cm³/mol. The molecule has 1 saturated carbocycles. The first kappa shape index (κ1) is 17.8. The second kappa shape index (κ2) is 8.33. The summed E-state index contributed by atoms with van der Waals surface area (Å²) in [6.07, 6.45) is 3.95. The van der Waals surface area contributed by atoms with Gasteiger partial charge in [-0.3, -0.25) is 4.79 Å². The molecule has 0 bridgehead atoms. The Balaban J connectivity index is 1.96. The average Bonchev–Trinajstić information content (AvgIpc) is 3.34. The van der Waals surface area contributed by atoms with Gasteiger partial charge in [-0.05, 0) is 37.5 Å². The van der Waals surface area contributed by atoms with E-state index in [1.165, 1.54) is 6.07 Å². The van der Waals surface area contributed by atoms with E-state index in [9.17, 15) is 19.5 Å². The first-order valence-corrected chi connectivity index (χ1v) is 8.21. The third-order valence-corrected chi connectivity index (χ3v) is 3.74. The Labute approximate surface area is 140 Å². The van der Waals surface area contributed by atoms with E-state index in [0.29, 0.717) is 17.7 Å². The highest BCUT2D eigenvalue weighted by molar-refractivity contribution is 5.98. The van der Waals surface area contributed by atoms with E-state index in [-0.39, 0.29) is 12.1 Å². The lowest BCUT2D eigenvalue weighted by atomic mass is 10.1. The minimum Gasteiger partial charge on any atom is -0.480 e. The lowest BCUT2D eigenvalue weighted by Crippen LogP contribution is -2.40. The van der Waals surface area contributed by atoms with E-state index < -0.39 is 17.9 Å². The van der Waals surface area contributed by atoms with E-state index in [1.807, 2.05) is 6.92 Å². The highest BCUT2D eigenvalue weighted by Crippen LogP contribution is 2.19. The van der Waals surface area contributed by atoms with E-state index in [1.54, 1.807) is 18.2 Å². The molecule has 1 aliphatic rings. The monoisotopic (exact) mass is 333 g/mol. The van der Waals surface area contributed by atoms with Crippen LogP contribution >= 0.6 is 0 Å². The number of benzene rings is 1. The summed E-state index contributed by atoms with van der Waals surface area (Å²) in [5.74, 6) is -1.51. The van der Waals surface area contributed by atoms with Crippen molar-refractivity contribution in [1.82, 2.24) is 10.6 Å². The molecule has 1 aromatic rings. The smallest absolute Gasteiger partial charge is 0.326 e. The Morgan fingerprint density at radius 1 is 1.29 bits per heavy atom. The summed E-state index contributed by atoms with van der Waals surface area (Å²) < 4.78 is 0. The highest BCUT2D eigenvalue weighted by Gasteiger charge is 2.23. The van der Waals surface area contributed by atoms with Crippen molar-refractivity contribution in [2.75, 3.05) is 5.32 Å². The number of anilines is 1. The molecule has 24 heavy (non-hydrogen) atoms. The molecule has 0 saturated heterocycles. The Hall–Kier alpha value is -2.57. The number of rotatable bonds is 8. The quantitative estimate of drug-likeness (QED) is 0.585. The molecule has 1 atom stereocenters. The van der Waals surface area contributed by atoms with Gasteiger partial charge in [0.05, 0.1) is 0 Å². The SMILES string of the molecule is CCCC[C@H](NC(=O)c1cccc(NC(=O)NC2CC2)c1)C(=O)O. The number of unbranched alkanes of at least 4 members (excludes halogenated alkanes) is 1. The molecule has 1 aromatic carbocycles. The van der Waals surface area contributed by atoms with E-state index in [4.69, 9.17) is 0 Å². The van der Waals surface area contributed by atoms with Gasteiger partial charge in [0.25, 0.3) is 5.91 Å². The van der Waals surface area contributed by atoms with E-state index >= 15 is 0 Å². The van der Waals surface area contributed by atoms with Crippen molar-refractivity contribution in [3.63, 3.8) is 0 Å². The zero-order valence-corrected chi connectivity index (χ0v) is 13.7. The molecule has 7 heteroatoms. The van der Waals surface area contributed by atoms with Crippen LogP contribution < -0.4 is 16.0 Å². The van der Waals surface area contributed by atoms with Crippen LogP contribution in [0.15, 0.2) is 24.3 Å². The molecule has 0 unspecified atom stereocenters. The number of carboxylic acid groups (broad SMARTS) is 1. The van der Waals surface area contributed by atoms with Crippen molar-refractivity contribution >= 4 is 23.6 Å². The number of amides is 3. The van der Waals surface area contributed by atoms with Crippen LogP contribution in [0.3, 0.4) is 0 Å². The van der Waals surface area contributed by atoms with Crippen LogP contribution in [0, 0.1) is 0 Å². The zero-order valence-electron chi connectivity index (χ0n) is 13.7. The summed E-state index contributed by atoms with van der Waals surface area (Å²) in [6.45, 7) is 1.96. The summed E-state index contributed by atoms with van der Waals surface area (Å²) >= 11 is 0. The summed E-state index contributed by atoms with van der Waals surface area (Å²) in [6, 6.07) is 5.46. The number of carbonyl (C=O) groups is 3. The maximum absolute atomic E-state index is 12.2. The Morgan fingerprint density at radius 2 is 2.04 bits per heavy atom. The number of nitrogens with one attached hydrogen (secondary N) is 3. The van der Waals surface area contributed by atoms with Crippen LogP contribution in [0.1, 0.15) is 49.4 Å². The van der Waals surface area contributed by atoms with Gasteiger partial charge in [-0.1, -0.05) is 25.8 Å². The van der Waals surface area contributed by atoms with Crippen LogP contribution in [0.2, 0.25) is 0 Å². The van der Waals surface area contributed by atoms with Crippen LogP contribution in [-0.2, 0) is 4.79 Å². The summed E-state index contributed by atoms with van der Waals surface area (Å²) in [5, 5.41) is 17.2. The zero-order chi connectivity index (χ0) is 17.5. The molecular weight excluding hydrogens is 310 g/mol. The van der Waals surface area contributed by atoms with Gasteiger partial charge >= 0.3 is 12.0 Å². The first-order chi connectivity index (χ1) is 11.5. The third kappa shape index (κ3) is 5.57. The molecule has 0 spiro atoms. The molecule has 4 N–H and O–H groups in total. The van der Waals surface area contributed by atoms with Gasteiger partial charge in [0.1, 0.15) is 6.04 Å². The van der Waals surface area contributed by atoms with Crippen LogP contribution in [0.25, 0.3) is 0 Å². The summed E-state index contributed by atoms with van der Waals surface area (Å²) in [4.78, 5) is 35.2. The molecule has 0 radical (unpaired) electrons. The van der Waals surface area contributed by atoms with Crippen molar-refractivity contribution in [3.05, 3.63) is 29.8 Å². The Bertz CT molecular complexity index is 614. The predicted octanol–water partition coefficient (Wildman–Crippen LogP) is 2.34. The second-order valence-electron chi connectivity index (χ2n) is 5.96. The van der Waals surface area contributed by atoms with E-state index in [0.717, 1.165) is 25.7 Å². The number of hydrogen-bond donors (Lipinski definition) is 4. The molecule has 130 valence electrons. The summed E-state index contributed by atoms with van der Waals surface area (Å²) in [5.41, 5.74) is 0.795. The molecule has 1 fully saturated rings. The number of urea groups is 1. The average molecular weight is 333 g/mol. The second-order valence-corrected chi connectivity index (χ2v) is 5.96. The number of carboxylic acids is 1. The van der Waals surface area contributed by atoms with Crippen LogP contribution in [0.4, 0.5) is 10.5 Å². The molecule has 3 amide bonds. The fraction of sp³-hybridized carbons (Fsp3) is 0.471. The lowest BCUT2D eigenvalue weighted by molar-refractivity contribution is -0.139. The van der Waals surface area contributed by atoms with Crippen molar-refractivity contribution in [1.29, 1.82) is 0 Å². The van der Waals surface area contributed by atoms with Crippen LogP contribution in [-0.4, -0.2) is 35.1 Å². The van der Waals surface area contributed by atoms with Crippen molar-refractivity contribution in [2.24, 2.45) is 0 Å². The largest absolute Gasteiger partial charge is 0.480 e. The van der Waals surface area contributed by atoms with Gasteiger partial charge in [0, 0.05) is 17.3 Å². The maximum atomic E-state index is 12.2.